The largest absolute Gasteiger partial charge is 1.00 e. The van der Waals surface area contributed by atoms with Crippen LogP contribution in [0.25, 0.3) is 5.32 Å². The first-order chi connectivity index (χ1) is 4.86. The molecule has 0 saturated heterocycles. The first-order valence-corrected chi connectivity index (χ1v) is 4.45. The Morgan fingerprint density at radius 1 is 1.18 bits per heavy atom. The van der Waals surface area contributed by atoms with Gasteiger partial charge in [0, 0.05) is 0 Å². The predicted molar refractivity (Wildman–Crippen MR) is 45.3 cm³/mol. The molecule has 2 heteroatoms. The fraction of sp³-hybridized carbons (Fsp3) is 1.00. The molecule has 1 aliphatic rings. The Hall–Kier alpha value is 1.77. The van der Waals surface area contributed by atoms with Gasteiger partial charge >= 0.3 is 58.2 Å². The Morgan fingerprint density at radius 3 is 2.09 bits per heavy atom. The smallest absolute Gasteiger partial charge is 0.662 e. The molecule has 0 radical (unpaired) electrons. The van der Waals surface area contributed by atoms with Gasteiger partial charge in [-0.05, 0) is 5.92 Å². The molecule has 0 unspecified atom stereocenters. The van der Waals surface area contributed by atoms with Crippen LogP contribution in [0.4, 0.5) is 0 Å². The van der Waals surface area contributed by atoms with E-state index in [0.717, 1.165) is 5.92 Å². The summed E-state index contributed by atoms with van der Waals surface area (Å²) in [6.07, 6.45) is 6.89. The van der Waals surface area contributed by atoms with E-state index in [-0.39, 0.29) is 58.2 Å². The van der Waals surface area contributed by atoms with Gasteiger partial charge in [0.25, 0.3) is 0 Å². The van der Waals surface area contributed by atoms with Crippen LogP contribution in [-0.2, 0) is 0 Å². The van der Waals surface area contributed by atoms with E-state index in [2.05, 4.69) is 12.2 Å². The van der Waals surface area contributed by atoms with Gasteiger partial charge in [-0.2, -0.15) is 7.05 Å². The molecule has 0 spiro atoms. The zero-order valence-corrected chi connectivity index (χ0v) is 13.1. The zero-order valence-electron chi connectivity index (χ0n) is 8.14. The Bertz CT molecular complexity index is 75.6. The molecule has 11 heavy (non-hydrogen) atoms. The summed E-state index contributed by atoms with van der Waals surface area (Å²) in [5.74, 6) is 1.01. The second-order valence-electron chi connectivity index (χ2n) is 3.34. The fourth-order valence-electron chi connectivity index (χ4n) is 1.81. The molecule has 0 aromatic heterocycles. The molecule has 0 aromatic rings. The van der Waals surface area contributed by atoms with Crippen LogP contribution in [0, 0.1) is 5.92 Å². The van der Waals surface area contributed by atoms with Gasteiger partial charge in [0.05, 0.1) is 0 Å². The van der Waals surface area contributed by atoms with Crippen LogP contribution in [0.5, 0.6) is 0 Å². The van der Waals surface area contributed by atoms with Crippen molar-refractivity contribution in [1.82, 2.24) is 0 Å². The van der Waals surface area contributed by atoms with Crippen LogP contribution in [0.3, 0.4) is 0 Å². The molecule has 1 saturated carbocycles. The normalized spacial score (nSPS) is 31.1. The number of hydrogen-bond donors (Lipinski definition) is 0. The molecule has 1 fully saturated rings. The molecule has 0 bridgehead atoms. The fourth-order valence-corrected chi connectivity index (χ4v) is 1.81. The van der Waals surface area contributed by atoms with E-state index in [0.29, 0.717) is 6.04 Å². The maximum atomic E-state index is 4.32. The minimum atomic E-state index is 0. The summed E-state index contributed by atoms with van der Waals surface area (Å²) >= 11 is 0. The molecule has 1 rings (SSSR count). The second kappa shape index (κ2) is 7.20. The van der Waals surface area contributed by atoms with Crippen molar-refractivity contribution in [2.24, 2.45) is 5.92 Å². The third kappa shape index (κ3) is 4.51. The molecule has 1 nitrogen and oxygen atoms in total. The molecule has 0 amide bonds. The summed E-state index contributed by atoms with van der Waals surface area (Å²) in [7, 11) is 1.96. The molecule has 0 atom stereocenters. The number of nitrogens with zero attached hydrogens (tertiary/aromatic N) is 1. The molecule has 0 aliphatic heterocycles. The van der Waals surface area contributed by atoms with Crippen molar-refractivity contribution in [2.75, 3.05) is 7.05 Å². The van der Waals surface area contributed by atoms with Crippen molar-refractivity contribution in [1.29, 1.82) is 0 Å². The standard InChI is InChI=1S/C9H18N.Rb/c1-3-8-4-6-9(10-2)7-5-8;/h8-9H,3-7H2,1-2H3;/q-1;+1. The summed E-state index contributed by atoms with van der Waals surface area (Å²) in [5.41, 5.74) is 0. The third-order valence-electron chi connectivity index (χ3n) is 2.76. The van der Waals surface area contributed by atoms with Crippen LogP contribution in [0.1, 0.15) is 39.0 Å². The maximum absolute atomic E-state index is 4.32. The van der Waals surface area contributed by atoms with Crippen LogP contribution >= 0.6 is 0 Å². The Balaban J connectivity index is 0.000001000. The molecular weight excluding hydrogens is 208 g/mol. The summed E-state index contributed by atoms with van der Waals surface area (Å²) in [4.78, 5) is 0. The topological polar surface area (TPSA) is 14.1 Å². The minimum absolute atomic E-state index is 0. The summed E-state index contributed by atoms with van der Waals surface area (Å²) < 4.78 is 0. The van der Waals surface area contributed by atoms with E-state index < -0.39 is 0 Å². The van der Waals surface area contributed by atoms with E-state index in [9.17, 15) is 0 Å². The van der Waals surface area contributed by atoms with E-state index in [1.165, 1.54) is 32.1 Å². The quantitative estimate of drug-likeness (QED) is 0.627. The molecule has 0 N–H and O–H groups in total. The van der Waals surface area contributed by atoms with Gasteiger partial charge in [-0.25, -0.2) is 0 Å². The van der Waals surface area contributed by atoms with Gasteiger partial charge in [-0.15, -0.1) is 6.04 Å². The van der Waals surface area contributed by atoms with Crippen LogP contribution in [0.2, 0.25) is 0 Å². The van der Waals surface area contributed by atoms with Gasteiger partial charge in [-0.1, -0.05) is 39.0 Å². The minimum Gasteiger partial charge on any atom is -0.662 e. The average Bonchev–Trinajstić information content (AvgIpc) is 2.05. The van der Waals surface area contributed by atoms with Crippen molar-refractivity contribution >= 4 is 0 Å². The first-order valence-electron chi connectivity index (χ1n) is 4.45. The molecule has 60 valence electrons. The summed E-state index contributed by atoms with van der Waals surface area (Å²) in [6.45, 7) is 2.30. The van der Waals surface area contributed by atoms with Crippen LogP contribution < -0.4 is 58.2 Å². The molecule has 0 aromatic carbocycles. The molecular formula is C9H18NRb. The zero-order chi connectivity index (χ0) is 7.40. The summed E-state index contributed by atoms with van der Waals surface area (Å²) in [5, 5.41) is 4.32. The Morgan fingerprint density at radius 2 is 1.73 bits per heavy atom. The number of rotatable bonds is 2. The third-order valence-corrected chi connectivity index (χ3v) is 2.76. The van der Waals surface area contributed by atoms with Gasteiger partial charge in [0.2, 0.25) is 0 Å². The SMILES string of the molecule is CCC1CCC([N-]C)CC1.[Rb+]. The Labute approximate surface area is 119 Å². The van der Waals surface area contributed by atoms with Gasteiger partial charge in [0.15, 0.2) is 0 Å². The van der Waals surface area contributed by atoms with Gasteiger partial charge in [-0.3, -0.25) is 0 Å². The van der Waals surface area contributed by atoms with Crippen molar-refractivity contribution in [2.45, 2.75) is 45.1 Å². The van der Waals surface area contributed by atoms with Crippen LogP contribution in [0.15, 0.2) is 0 Å². The maximum Gasteiger partial charge on any atom is 1.00 e. The van der Waals surface area contributed by atoms with Crippen molar-refractivity contribution in [3.8, 4) is 0 Å². The first kappa shape index (κ1) is 12.8. The van der Waals surface area contributed by atoms with Crippen molar-refractivity contribution in [3.05, 3.63) is 5.32 Å². The van der Waals surface area contributed by atoms with Crippen molar-refractivity contribution in [3.63, 3.8) is 0 Å². The monoisotopic (exact) mass is 225 g/mol. The summed E-state index contributed by atoms with van der Waals surface area (Å²) in [6, 6.07) is 0.697. The second-order valence-corrected chi connectivity index (χ2v) is 3.34. The van der Waals surface area contributed by atoms with Gasteiger partial charge < -0.3 is 5.32 Å². The van der Waals surface area contributed by atoms with E-state index in [1.54, 1.807) is 0 Å². The van der Waals surface area contributed by atoms with E-state index in [4.69, 9.17) is 0 Å². The molecule has 0 heterocycles. The average molecular weight is 226 g/mol. The van der Waals surface area contributed by atoms with E-state index in [1.807, 2.05) is 7.05 Å². The number of hydrogen-bond acceptors (Lipinski definition) is 0. The van der Waals surface area contributed by atoms with Crippen molar-refractivity contribution < 1.29 is 58.2 Å². The Kier molecular flexibility index (Phi) is 8.35. The van der Waals surface area contributed by atoms with Gasteiger partial charge in [0.1, 0.15) is 0 Å². The predicted octanol–water partition coefficient (Wildman–Crippen LogP) is -0.0373. The van der Waals surface area contributed by atoms with Crippen LogP contribution in [-0.4, -0.2) is 13.1 Å². The molecule has 1 aliphatic carbocycles. The van der Waals surface area contributed by atoms with E-state index >= 15 is 0 Å².